The fourth-order valence-electron chi connectivity index (χ4n) is 5.20. The second-order valence-electron chi connectivity index (χ2n) is 10.3. The molecule has 0 bridgehead atoms. The average Bonchev–Trinajstić information content (AvgIpc) is 2.96. The molecule has 210 valence electrons. The Labute approximate surface area is 234 Å². The lowest BCUT2D eigenvalue weighted by Gasteiger charge is -2.22. The van der Waals surface area contributed by atoms with Crippen LogP contribution in [0.1, 0.15) is 37.3 Å². The Morgan fingerprint density at radius 3 is 2.29 bits per heavy atom. The summed E-state index contributed by atoms with van der Waals surface area (Å²) in [6, 6.07) is 18.8. The fourth-order valence-corrected chi connectivity index (χ4v) is 5.20. The van der Waals surface area contributed by atoms with Crippen LogP contribution in [-0.2, 0) is 16.1 Å². The standard InChI is InChI=1S/C32H29NO8/c1-17(2)16-33-22-12-8-7-11-19(22)13-21(32(33)39)20(14-25(35)40-3)26-28(36)30(38)29(37)27-23(34)15-24(41-31(26)27)18-9-5-4-6-10-18/h4-13,15,17,20,36-38H,14,16H2,1-3H3/t20-/m0/s1. The van der Waals surface area contributed by atoms with E-state index in [-0.39, 0.29) is 28.4 Å². The van der Waals surface area contributed by atoms with E-state index in [1.54, 1.807) is 41.0 Å². The average molecular weight is 556 g/mol. The summed E-state index contributed by atoms with van der Waals surface area (Å²) < 4.78 is 12.7. The molecule has 41 heavy (non-hydrogen) atoms. The number of hydrogen-bond acceptors (Lipinski definition) is 8. The smallest absolute Gasteiger partial charge is 0.306 e. The third-order valence-electron chi connectivity index (χ3n) is 7.09. The van der Waals surface area contributed by atoms with Gasteiger partial charge in [-0.3, -0.25) is 14.4 Å². The van der Waals surface area contributed by atoms with Crippen LogP contribution in [0.25, 0.3) is 33.2 Å². The lowest BCUT2D eigenvalue weighted by atomic mass is 9.86. The molecule has 5 rings (SSSR count). The molecule has 9 heteroatoms. The van der Waals surface area contributed by atoms with E-state index >= 15 is 0 Å². The number of fused-ring (bicyclic) bond motifs is 2. The van der Waals surface area contributed by atoms with Crippen LogP contribution in [0.3, 0.4) is 0 Å². The van der Waals surface area contributed by atoms with E-state index in [4.69, 9.17) is 9.15 Å². The number of rotatable bonds is 7. The molecule has 0 aliphatic carbocycles. The van der Waals surface area contributed by atoms with Gasteiger partial charge < -0.3 is 29.0 Å². The summed E-state index contributed by atoms with van der Waals surface area (Å²) in [5.41, 5.74) is -0.227. The zero-order chi connectivity index (χ0) is 29.4. The van der Waals surface area contributed by atoms with Crippen molar-refractivity contribution in [1.29, 1.82) is 0 Å². The Kier molecular flexibility index (Phi) is 7.28. The first kappa shape index (κ1) is 27.5. The van der Waals surface area contributed by atoms with Crippen molar-refractivity contribution in [2.45, 2.75) is 32.7 Å². The molecule has 0 unspecified atom stereocenters. The van der Waals surface area contributed by atoms with Gasteiger partial charge in [0.05, 0.1) is 19.0 Å². The molecule has 0 fully saturated rings. The van der Waals surface area contributed by atoms with Gasteiger partial charge in [0.2, 0.25) is 5.75 Å². The van der Waals surface area contributed by atoms with E-state index < -0.39 is 51.9 Å². The van der Waals surface area contributed by atoms with E-state index in [9.17, 15) is 29.7 Å². The topological polar surface area (TPSA) is 139 Å². The van der Waals surface area contributed by atoms with Crippen molar-refractivity contribution in [1.82, 2.24) is 4.57 Å². The summed E-state index contributed by atoms with van der Waals surface area (Å²) in [6.45, 7) is 4.31. The van der Waals surface area contributed by atoms with Crippen LogP contribution in [-0.4, -0.2) is 33.0 Å². The molecule has 0 saturated carbocycles. The number of methoxy groups -OCH3 is 1. The molecule has 2 aromatic heterocycles. The van der Waals surface area contributed by atoms with Crippen molar-refractivity contribution in [2.24, 2.45) is 5.92 Å². The van der Waals surface area contributed by atoms with Crippen LogP contribution >= 0.6 is 0 Å². The van der Waals surface area contributed by atoms with Gasteiger partial charge in [-0.25, -0.2) is 0 Å². The van der Waals surface area contributed by atoms with Gasteiger partial charge in [-0.15, -0.1) is 0 Å². The Balaban J connectivity index is 1.91. The number of benzene rings is 3. The molecule has 9 nitrogen and oxygen atoms in total. The first-order chi connectivity index (χ1) is 19.6. The molecule has 1 atom stereocenters. The van der Waals surface area contributed by atoms with Gasteiger partial charge in [-0.05, 0) is 23.4 Å². The SMILES string of the molecule is COC(=O)C[C@@H](c1cc2ccccc2n(CC(C)C)c1=O)c1c(O)c(O)c(O)c2c(=O)cc(-c3ccccc3)oc12. The maximum absolute atomic E-state index is 14.1. The molecular formula is C32H29NO8. The monoisotopic (exact) mass is 555 g/mol. The summed E-state index contributed by atoms with van der Waals surface area (Å²) in [4.78, 5) is 40.1. The first-order valence-electron chi connectivity index (χ1n) is 13.1. The van der Waals surface area contributed by atoms with E-state index in [0.717, 1.165) is 0 Å². The summed E-state index contributed by atoms with van der Waals surface area (Å²) >= 11 is 0. The van der Waals surface area contributed by atoms with Crippen LogP contribution in [0.5, 0.6) is 17.2 Å². The van der Waals surface area contributed by atoms with Gasteiger partial charge in [-0.2, -0.15) is 0 Å². The molecule has 0 spiro atoms. The Bertz CT molecular complexity index is 1900. The second kappa shape index (κ2) is 10.8. The van der Waals surface area contributed by atoms with Gasteiger partial charge in [0.1, 0.15) is 16.7 Å². The van der Waals surface area contributed by atoms with Gasteiger partial charge in [-0.1, -0.05) is 62.4 Å². The summed E-state index contributed by atoms with van der Waals surface area (Å²) in [7, 11) is 1.19. The minimum atomic E-state index is -1.22. The number of nitrogens with zero attached hydrogens (tertiary/aromatic N) is 1. The van der Waals surface area contributed by atoms with Crippen molar-refractivity contribution < 1.29 is 29.3 Å². The lowest BCUT2D eigenvalue weighted by Crippen LogP contribution is -2.29. The van der Waals surface area contributed by atoms with Crippen LogP contribution in [0, 0.1) is 5.92 Å². The highest BCUT2D eigenvalue weighted by atomic mass is 16.5. The third-order valence-corrected chi connectivity index (χ3v) is 7.09. The van der Waals surface area contributed by atoms with Crippen LogP contribution in [0.15, 0.2) is 80.7 Å². The van der Waals surface area contributed by atoms with Crippen molar-refractivity contribution in [2.75, 3.05) is 7.11 Å². The zero-order valence-electron chi connectivity index (χ0n) is 22.7. The molecule has 0 aliphatic rings. The summed E-state index contributed by atoms with van der Waals surface area (Å²) in [5, 5.41) is 33.0. The Morgan fingerprint density at radius 2 is 1.61 bits per heavy atom. The number of carbonyl (C=O) groups is 1. The van der Waals surface area contributed by atoms with E-state index in [1.807, 2.05) is 38.1 Å². The highest BCUT2D eigenvalue weighted by molar-refractivity contribution is 5.94. The van der Waals surface area contributed by atoms with Gasteiger partial charge in [0, 0.05) is 35.2 Å². The number of pyridine rings is 1. The number of aromatic nitrogens is 1. The second-order valence-corrected chi connectivity index (χ2v) is 10.3. The normalized spacial score (nSPS) is 12.2. The minimum Gasteiger partial charge on any atom is -0.504 e. The summed E-state index contributed by atoms with van der Waals surface area (Å²) in [5.74, 6) is -4.36. The third kappa shape index (κ3) is 4.91. The fraction of sp³-hybridized carbons (Fsp3) is 0.219. The largest absolute Gasteiger partial charge is 0.504 e. The number of carbonyl (C=O) groups excluding carboxylic acids is 1. The number of aromatic hydroxyl groups is 3. The number of para-hydroxylation sites is 1. The van der Waals surface area contributed by atoms with E-state index in [1.165, 1.54) is 13.2 Å². The number of phenolic OH excluding ortho intramolecular Hbond substituents is 3. The van der Waals surface area contributed by atoms with Crippen molar-refractivity contribution in [3.8, 4) is 28.6 Å². The number of hydrogen-bond donors (Lipinski definition) is 3. The number of ether oxygens (including phenoxy) is 1. The van der Waals surface area contributed by atoms with Crippen molar-refractivity contribution in [3.63, 3.8) is 0 Å². The number of esters is 1. The maximum atomic E-state index is 14.1. The zero-order valence-corrected chi connectivity index (χ0v) is 22.7. The molecule has 0 saturated heterocycles. The molecule has 5 aromatic rings. The predicted molar refractivity (Wildman–Crippen MR) is 154 cm³/mol. The molecule has 0 aliphatic heterocycles. The van der Waals surface area contributed by atoms with Gasteiger partial charge in [0.25, 0.3) is 5.56 Å². The highest BCUT2D eigenvalue weighted by Crippen LogP contribution is 2.49. The van der Waals surface area contributed by atoms with E-state index in [2.05, 4.69) is 0 Å². The van der Waals surface area contributed by atoms with E-state index in [0.29, 0.717) is 23.0 Å². The minimum absolute atomic E-state index is 0.101. The van der Waals surface area contributed by atoms with Crippen LogP contribution in [0.4, 0.5) is 0 Å². The Morgan fingerprint density at radius 1 is 0.927 bits per heavy atom. The quantitative estimate of drug-likeness (QED) is 0.183. The van der Waals surface area contributed by atoms with Gasteiger partial charge >= 0.3 is 5.97 Å². The molecule has 2 heterocycles. The van der Waals surface area contributed by atoms with Crippen LogP contribution < -0.4 is 11.0 Å². The van der Waals surface area contributed by atoms with Crippen molar-refractivity contribution in [3.05, 3.63) is 98.4 Å². The van der Waals surface area contributed by atoms with Gasteiger partial charge in [0.15, 0.2) is 16.9 Å². The molecule has 3 aromatic carbocycles. The maximum Gasteiger partial charge on any atom is 0.306 e. The summed E-state index contributed by atoms with van der Waals surface area (Å²) in [6.07, 6.45) is -0.433. The highest BCUT2D eigenvalue weighted by Gasteiger charge is 2.33. The Hall–Kier alpha value is -5.05. The number of phenols is 3. The predicted octanol–water partition coefficient (Wildman–Crippen LogP) is 5.24. The van der Waals surface area contributed by atoms with Crippen LogP contribution in [0.2, 0.25) is 0 Å². The molecule has 0 radical (unpaired) electrons. The van der Waals surface area contributed by atoms with Crippen molar-refractivity contribution >= 4 is 27.8 Å². The molecule has 3 N–H and O–H groups in total. The molecule has 0 amide bonds. The molecular weight excluding hydrogens is 526 g/mol. The lowest BCUT2D eigenvalue weighted by molar-refractivity contribution is -0.140. The first-order valence-corrected chi connectivity index (χ1v) is 13.1.